The van der Waals surface area contributed by atoms with E-state index in [0.717, 1.165) is 12.1 Å². The standard InChI is InChI=1S/C11H9BrFN3O2/c1-2-11-14-3-4-15(11)9-6-8(13)7(12)5-10(9)16(17)18/h3-6H,2H2,1H3. The molecule has 7 heteroatoms. The Hall–Kier alpha value is -1.76. The topological polar surface area (TPSA) is 61.0 Å². The van der Waals surface area contributed by atoms with Crippen molar-refractivity contribution in [3.63, 3.8) is 0 Å². The Balaban J connectivity index is 2.70. The monoisotopic (exact) mass is 313 g/mol. The SMILES string of the molecule is CCc1nccn1-c1cc(F)c(Br)cc1[N+](=O)[O-]. The summed E-state index contributed by atoms with van der Waals surface area (Å²) >= 11 is 2.94. The number of aryl methyl sites for hydroxylation is 1. The van der Waals surface area contributed by atoms with Gasteiger partial charge in [0.25, 0.3) is 5.69 Å². The fourth-order valence-corrected chi connectivity index (χ4v) is 2.01. The smallest absolute Gasteiger partial charge is 0.294 e. The number of rotatable bonds is 3. The number of aromatic nitrogens is 2. The maximum atomic E-state index is 13.5. The molecule has 94 valence electrons. The second-order valence-corrected chi connectivity index (χ2v) is 4.43. The predicted octanol–water partition coefficient (Wildman–Crippen LogP) is 3.24. The molecule has 0 amide bonds. The summed E-state index contributed by atoms with van der Waals surface area (Å²) in [4.78, 5) is 14.5. The summed E-state index contributed by atoms with van der Waals surface area (Å²) in [6.07, 6.45) is 3.71. The molecule has 2 rings (SSSR count). The van der Waals surface area contributed by atoms with Crippen molar-refractivity contribution >= 4 is 21.6 Å². The number of nitrogens with zero attached hydrogens (tertiary/aromatic N) is 3. The van der Waals surface area contributed by atoms with Gasteiger partial charge in [0.05, 0.1) is 9.40 Å². The summed E-state index contributed by atoms with van der Waals surface area (Å²) in [6.45, 7) is 1.87. The van der Waals surface area contributed by atoms with E-state index in [-0.39, 0.29) is 15.8 Å². The highest BCUT2D eigenvalue weighted by Crippen LogP contribution is 2.30. The van der Waals surface area contributed by atoms with E-state index in [9.17, 15) is 14.5 Å². The van der Waals surface area contributed by atoms with Crippen molar-refractivity contribution in [3.8, 4) is 5.69 Å². The third-order valence-corrected chi connectivity index (χ3v) is 3.12. The number of hydrogen-bond donors (Lipinski definition) is 0. The fourth-order valence-electron chi connectivity index (χ4n) is 1.68. The lowest BCUT2D eigenvalue weighted by atomic mass is 10.2. The van der Waals surface area contributed by atoms with Crippen LogP contribution in [-0.2, 0) is 6.42 Å². The van der Waals surface area contributed by atoms with E-state index in [1.807, 2.05) is 6.92 Å². The Kier molecular flexibility index (Phi) is 3.42. The highest BCUT2D eigenvalue weighted by molar-refractivity contribution is 9.10. The quantitative estimate of drug-likeness (QED) is 0.645. The van der Waals surface area contributed by atoms with E-state index < -0.39 is 10.7 Å². The predicted molar refractivity (Wildman–Crippen MR) is 67.3 cm³/mol. The summed E-state index contributed by atoms with van der Waals surface area (Å²) in [7, 11) is 0. The average molecular weight is 314 g/mol. The molecule has 0 fully saturated rings. The van der Waals surface area contributed by atoms with Gasteiger partial charge in [0.1, 0.15) is 17.3 Å². The van der Waals surface area contributed by atoms with Crippen LogP contribution in [0, 0.1) is 15.9 Å². The van der Waals surface area contributed by atoms with E-state index in [1.54, 1.807) is 6.20 Å². The summed E-state index contributed by atoms with van der Waals surface area (Å²) in [6, 6.07) is 2.28. The van der Waals surface area contributed by atoms with Gasteiger partial charge < -0.3 is 0 Å². The van der Waals surface area contributed by atoms with Crippen molar-refractivity contribution in [2.45, 2.75) is 13.3 Å². The van der Waals surface area contributed by atoms with E-state index in [4.69, 9.17) is 0 Å². The molecule has 0 N–H and O–H groups in total. The first-order valence-electron chi connectivity index (χ1n) is 5.20. The molecule has 18 heavy (non-hydrogen) atoms. The Morgan fingerprint density at radius 3 is 2.89 bits per heavy atom. The van der Waals surface area contributed by atoms with Crippen molar-refractivity contribution in [2.24, 2.45) is 0 Å². The van der Waals surface area contributed by atoms with Crippen molar-refractivity contribution in [3.05, 3.63) is 50.8 Å². The summed E-state index contributed by atoms with van der Waals surface area (Å²) in [5.41, 5.74) is 0.00558. The number of hydrogen-bond acceptors (Lipinski definition) is 3. The molecule has 1 aromatic heterocycles. The first-order valence-corrected chi connectivity index (χ1v) is 6.00. The van der Waals surface area contributed by atoms with Gasteiger partial charge in [-0.3, -0.25) is 14.7 Å². The summed E-state index contributed by atoms with van der Waals surface area (Å²) in [5.74, 6) is 0.0891. The molecule has 5 nitrogen and oxygen atoms in total. The molecule has 0 aliphatic heterocycles. The summed E-state index contributed by atoms with van der Waals surface area (Å²) < 4.78 is 15.1. The van der Waals surface area contributed by atoms with Crippen LogP contribution in [0.2, 0.25) is 0 Å². The number of nitro groups is 1. The number of halogens is 2. The maximum Gasteiger partial charge on any atom is 0.294 e. The Morgan fingerprint density at radius 1 is 1.56 bits per heavy atom. The van der Waals surface area contributed by atoms with Crippen molar-refractivity contribution in [1.82, 2.24) is 9.55 Å². The lowest BCUT2D eigenvalue weighted by molar-refractivity contribution is -0.384. The van der Waals surface area contributed by atoms with Gasteiger partial charge in [-0.1, -0.05) is 6.92 Å². The van der Waals surface area contributed by atoms with Crippen LogP contribution in [0.4, 0.5) is 10.1 Å². The van der Waals surface area contributed by atoms with Gasteiger partial charge in [-0.25, -0.2) is 9.37 Å². The van der Waals surface area contributed by atoms with Gasteiger partial charge in [0, 0.05) is 30.9 Å². The Morgan fingerprint density at radius 2 is 2.28 bits per heavy atom. The minimum absolute atomic E-state index is 0.0658. The fraction of sp³-hybridized carbons (Fsp3) is 0.182. The second kappa shape index (κ2) is 4.85. The lowest BCUT2D eigenvalue weighted by Crippen LogP contribution is -2.04. The molecule has 0 radical (unpaired) electrons. The molecule has 1 aromatic carbocycles. The number of nitro benzene ring substituents is 1. The largest absolute Gasteiger partial charge is 0.297 e. The molecule has 0 unspecified atom stereocenters. The Bertz CT molecular complexity index is 612. The molecular weight excluding hydrogens is 305 g/mol. The van der Waals surface area contributed by atoms with Crippen LogP contribution >= 0.6 is 15.9 Å². The zero-order valence-corrected chi connectivity index (χ0v) is 11.0. The number of imidazole rings is 1. The molecule has 0 aliphatic carbocycles. The van der Waals surface area contributed by atoms with E-state index >= 15 is 0 Å². The highest BCUT2D eigenvalue weighted by Gasteiger charge is 2.20. The molecule has 2 aromatic rings. The van der Waals surface area contributed by atoms with Crippen LogP contribution in [0.25, 0.3) is 5.69 Å². The van der Waals surface area contributed by atoms with Crippen molar-refractivity contribution in [2.75, 3.05) is 0 Å². The maximum absolute atomic E-state index is 13.5. The molecule has 0 bridgehead atoms. The van der Waals surface area contributed by atoms with Crippen LogP contribution in [-0.4, -0.2) is 14.5 Å². The first-order chi connectivity index (χ1) is 8.54. The van der Waals surface area contributed by atoms with Crippen LogP contribution in [0.15, 0.2) is 29.0 Å². The van der Waals surface area contributed by atoms with E-state index in [1.165, 1.54) is 10.8 Å². The average Bonchev–Trinajstić information content (AvgIpc) is 2.79. The van der Waals surface area contributed by atoms with E-state index in [0.29, 0.717) is 12.2 Å². The van der Waals surface area contributed by atoms with E-state index in [2.05, 4.69) is 20.9 Å². The van der Waals surface area contributed by atoms with Crippen LogP contribution < -0.4 is 0 Å². The van der Waals surface area contributed by atoms with Crippen LogP contribution in [0.1, 0.15) is 12.7 Å². The van der Waals surface area contributed by atoms with Crippen molar-refractivity contribution < 1.29 is 9.31 Å². The highest BCUT2D eigenvalue weighted by atomic mass is 79.9. The molecule has 0 saturated heterocycles. The second-order valence-electron chi connectivity index (χ2n) is 3.58. The molecule has 0 spiro atoms. The van der Waals surface area contributed by atoms with Gasteiger partial charge in [-0.15, -0.1) is 0 Å². The zero-order chi connectivity index (χ0) is 13.3. The minimum Gasteiger partial charge on any atom is -0.297 e. The normalized spacial score (nSPS) is 10.6. The molecular formula is C11H9BrFN3O2. The third kappa shape index (κ3) is 2.13. The lowest BCUT2D eigenvalue weighted by Gasteiger charge is -2.08. The Labute approximate surface area is 111 Å². The van der Waals surface area contributed by atoms with Crippen LogP contribution in [0.3, 0.4) is 0 Å². The zero-order valence-electron chi connectivity index (χ0n) is 9.43. The molecule has 1 heterocycles. The molecule has 0 atom stereocenters. The first kappa shape index (κ1) is 12.7. The van der Waals surface area contributed by atoms with Gasteiger partial charge in [0.15, 0.2) is 0 Å². The van der Waals surface area contributed by atoms with Gasteiger partial charge in [0.2, 0.25) is 0 Å². The minimum atomic E-state index is -0.550. The van der Waals surface area contributed by atoms with Crippen molar-refractivity contribution in [1.29, 1.82) is 0 Å². The molecule has 0 aliphatic rings. The van der Waals surface area contributed by atoms with Gasteiger partial charge in [-0.2, -0.15) is 0 Å². The molecule has 0 saturated carbocycles. The van der Waals surface area contributed by atoms with Gasteiger partial charge >= 0.3 is 0 Å². The van der Waals surface area contributed by atoms with Crippen LogP contribution in [0.5, 0.6) is 0 Å². The third-order valence-electron chi connectivity index (χ3n) is 2.51. The number of benzene rings is 1. The van der Waals surface area contributed by atoms with Gasteiger partial charge in [-0.05, 0) is 15.9 Å². The summed E-state index contributed by atoms with van der Waals surface area (Å²) in [5, 5.41) is 11.0.